The quantitative estimate of drug-likeness (QED) is 0.725. The summed E-state index contributed by atoms with van der Waals surface area (Å²) in [6, 6.07) is 20.7. The number of rotatable bonds is 5. The third-order valence-corrected chi connectivity index (χ3v) is 4.06. The summed E-state index contributed by atoms with van der Waals surface area (Å²) < 4.78 is 5.56. The number of nitriles is 1. The van der Waals surface area contributed by atoms with Gasteiger partial charge in [0.15, 0.2) is 0 Å². The SMILES string of the molecule is CCOc1nc(C)c(C(=O)Nc2ccccc2)c(-c2ccccc2)c1C#N. The molecule has 0 aliphatic carbocycles. The van der Waals surface area contributed by atoms with Crippen molar-refractivity contribution in [2.24, 2.45) is 0 Å². The number of anilines is 1. The number of amides is 1. The van der Waals surface area contributed by atoms with Crippen LogP contribution in [0.1, 0.15) is 28.5 Å². The first-order valence-electron chi connectivity index (χ1n) is 8.65. The van der Waals surface area contributed by atoms with E-state index in [4.69, 9.17) is 4.74 Å². The number of ether oxygens (including phenoxy) is 1. The van der Waals surface area contributed by atoms with Crippen molar-refractivity contribution >= 4 is 11.6 Å². The zero-order chi connectivity index (χ0) is 19.2. The highest BCUT2D eigenvalue weighted by molar-refractivity contribution is 6.10. The van der Waals surface area contributed by atoms with Gasteiger partial charge in [0.1, 0.15) is 11.6 Å². The summed E-state index contributed by atoms with van der Waals surface area (Å²) in [7, 11) is 0. The summed E-state index contributed by atoms with van der Waals surface area (Å²) in [4.78, 5) is 17.4. The number of aromatic nitrogens is 1. The molecule has 0 bridgehead atoms. The first-order valence-corrected chi connectivity index (χ1v) is 8.65. The largest absolute Gasteiger partial charge is 0.477 e. The third-order valence-electron chi connectivity index (χ3n) is 4.06. The number of nitrogens with one attached hydrogen (secondary N) is 1. The Balaban J connectivity index is 2.20. The van der Waals surface area contributed by atoms with Gasteiger partial charge in [-0.2, -0.15) is 5.26 Å². The van der Waals surface area contributed by atoms with Crippen molar-refractivity contribution in [1.29, 1.82) is 5.26 Å². The van der Waals surface area contributed by atoms with Gasteiger partial charge >= 0.3 is 0 Å². The molecule has 5 heteroatoms. The number of hydrogen-bond acceptors (Lipinski definition) is 4. The van der Waals surface area contributed by atoms with E-state index in [-0.39, 0.29) is 17.4 Å². The number of aryl methyl sites for hydroxylation is 1. The van der Waals surface area contributed by atoms with Crippen LogP contribution in [0.3, 0.4) is 0 Å². The molecule has 0 aliphatic rings. The molecule has 0 spiro atoms. The molecule has 3 rings (SSSR count). The van der Waals surface area contributed by atoms with Crippen LogP contribution in [-0.2, 0) is 0 Å². The first kappa shape index (κ1) is 18.2. The van der Waals surface area contributed by atoms with Crippen LogP contribution in [0.4, 0.5) is 5.69 Å². The number of hydrogen-bond donors (Lipinski definition) is 1. The van der Waals surface area contributed by atoms with Gasteiger partial charge in [0.2, 0.25) is 5.88 Å². The Kier molecular flexibility index (Phi) is 5.48. The van der Waals surface area contributed by atoms with Gasteiger partial charge in [0.05, 0.1) is 17.9 Å². The van der Waals surface area contributed by atoms with Crippen molar-refractivity contribution in [2.45, 2.75) is 13.8 Å². The predicted molar refractivity (Wildman–Crippen MR) is 105 cm³/mol. The Morgan fingerprint density at radius 2 is 1.74 bits per heavy atom. The van der Waals surface area contributed by atoms with Crippen LogP contribution in [0.25, 0.3) is 11.1 Å². The average Bonchev–Trinajstić information content (AvgIpc) is 2.69. The van der Waals surface area contributed by atoms with Crippen LogP contribution < -0.4 is 10.1 Å². The van der Waals surface area contributed by atoms with Gasteiger partial charge in [-0.15, -0.1) is 0 Å². The van der Waals surface area contributed by atoms with Crippen molar-refractivity contribution in [3.8, 4) is 23.1 Å². The smallest absolute Gasteiger partial charge is 0.258 e. The van der Waals surface area contributed by atoms with Crippen LogP contribution in [0, 0.1) is 18.3 Å². The van der Waals surface area contributed by atoms with E-state index in [1.165, 1.54) is 0 Å². The normalized spacial score (nSPS) is 10.1. The van der Waals surface area contributed by atoms with E-state index in [0.717, 1.165) is 5.56 Å². The average molecular weight is 357 g/mol. The van der Waals surface area contributed by atoms with E-state index in [0.29, 0.717) is 29.1 Å². The molecule has 0 radical (unpaired) electrons. The molecular formula is C22H19N3O2. The number of nitrogens with zero attached hydrogens (tertiary/aromatic N) is 2. The molecule has 1 amide bonds. The van der Waals surface area contributed by atoms with Crippen molar-refractivity contribution < 1.29 is 9.53 Å². The topological polar surface area (TPSA) is 75.0 Å². The first-order chi connectivity index (χ1) is 13.2. The lowest BCUT2D eigenvalue weighted by molar-refractivity contribution is 0.102. The Bertz CT molecular complexity index is 994. The van der Waals surface area contributed by atoms with Gasteiger partial charge in [0, 0.05) is 11.3 Å². The standard InChI is InChI=1S/C22H19N3O2/c1-3-27-22-18(14-23)20(16-10-6-4-7-11-16)19(15(2)24-22)21(26)25-17-12-8-5-9-13-17/h4-13H,3H2,1-2H3,(H,25,26). The summed E-state index contributed by atoms with van der Waals surface area (Å²) in [6.07, 6.45) is 0. The molecule has 0 fully saturated rings. The molecule has 0 saturated carbocycles. The highest BCUT2D eigenvalue weighted by Gasteiger charge is 2.24. The molecular weight excluding hydrogens is 338 g/mol. The molecule has 1 N–H and O–H groups in total. The molecule has 2 aromatic carbocycles. The maximum Gasteiger partial charge on any atom is 0.258 e. The van der Waals surface area contributed by atoms with E-state index in [9.17, 15) is 10.1 Å². The predicted octanol–water partition coefficient (Wildman–Crippen LogP) is 4.58. The fraction of sp³-hybridized carbons (Fsp3) is 0.136. The minimum Gasteiger partial charge on any atom is -0.477 e. The highest BCUT2D eigenvalue weighted by Crippen LogP contribution is 2.34. The summed E-state index contributed by atoms with van der Waals surface area (Å²) in [6.45, 7) is 3.96. The number of benzene rings is 2. The number of carbonyl (C=O) groups excluding carboxylic acids is 1. The molecule has 0 atom stereocenters. The van der Waals surface area contributed by atoms with Gasteiger partial charge in [-0.1, -0.05) is 48.5 Å². The van der Waals surface area contributed by atoms with Gasteiger partial charge in [0.25, 0.3) is 5.91 Å². The highest BCUT2D eigenvalue weighted by atomic mass is 16.5. The molecule has 5 nitrogen and oxygen atoms in total. The lowest BCUT2D eigenvalue weighted by atomic mass is 9.94. The van der Waals surface area contributed by atoms with Gasteiger partial charge < -0.3 is 10.1 Å². The second-order valence-electron chi connectivity index (χ2n) is 5.86. The summed E-state index contributed by atoms with van der Waals surface area (Å²) >= 11 is 0. The molecule has 27 heavy (non-hydrogen) atoms. The maximum absolute atomic E-state index is 13.1. The second kappa shape index (κ2) is 8.15. The number of para-hydroxylation sites is 1. The fourth-order valence-electron chi connectivity index (χ4n) is 2.91. The van der Waals surface area contributed by atoms with E-state index >= 15 is 0 Å². The summed E-state index contributed by atoms with van der Waals surface area (Å²) in [5, 5.41) is 12.7. The Morgan fingerprint density at radius 3 is 2.33 bits per heavy atom. The van der Waals surface area contributed by atoms with Crippen LogP contribution in [0.2, 0.25) is 0 Å². The lowest BCUT2D eigenvalue weighted by Gasteiger charge is -2.17. The fourth-order valence-corrected chi connectivity index (χ4v) is 2.91. The summed E-state index contributed by atoms with van der Waals surface area (Å²) in [5.41, 5.74) is 3.09. The minimum atomic E-state index is -0.315. The number of carbonyl (C=O) groups is 1. The van der Waals surface area contributed by atoms with E-state index in [1.807, 2.05) is 67.6 Å². The van der Waals surface area contributed by atoms with Crippen LogP contribution in [0.5, 0.6) is 5.88 Å². The second-order valence-corrected chi connectivity index (χ2v) is 5.86. The van der Waals surface area contributed by atoms with Crippen LogP contribution in [0.15, 0.2) is 60.7 Å². The Labute approximate surface area is 158 Å². The minimum absolute atomic E-state index is 0.243. The zero-order valence-corrected chi connectivity index (χ0v) is 15.2. The van der Waals surface area contributed by atoms with Crippen molar-refractivity contribution in [1.82, 2.24) is 4.98 Å². The molecule has 0 unspecified atom stereocenters. The van der Waals surface area contributed by atoms with E-state index in [2.05, 4.69) is 16.4 Å². The number of pyridine rings is 1. The maximum atomic E-state index is 13.1. The lowest BCUT2D eigenvalue weighted by Crippen LogP contribution is -2.17. The van der Waals surface area contributed by atoms with Gasteiger partial charge in [-0.3, -0.25) is 4.79 Å². The monoisotopic (exact) mass is 357 g/mol. The van der Waals surface area contributed by atoms with Gasteiger partial charge in [-0.25, -0.2) is 4.98 Å². The van der Waals surface area contributed by atoms with Crippen molar-refractivity contribution in [2.75, 3.05) is 11.9 Å². The van der Waals surface area contributed by atoms with Crippen molar-refractivity contribution in [3.05, 3.63) is 77.5 Å². The molecule has 0 aliphatic heterocycles. The third kappa shape index (κ3) is 3.80. The molecule has 1 aromatic heterocycles. The van der Waals surface area contributed by atoms with E-state index < -0.39 is 0 Å². The van der Waals surface area contributed by atoms with E-state index in [1.54, 1.807) is 6.92 Å². The molecule has 3 aromatic rings. The summed E-state index contributed by atoms with van der Waals surface area (Å²) in [5.74, 6) is -0.0720. The molecule has 0 saturated heterocycles. The van der Waals surface area contributed by atoms with Gasteiger partial charge in [-0.05, 0) is 31.5 Å². The van der Waals surface area contributed by atoms with Crippen LogP contribution in [-0.4, -0.2) is 17.5 Å². The van der Waals surface area contributed by atoms with Crippen molar-refractivity contribution in [3.63, 3.8) is 0 Å². The zero-order valence-electron chi connectivity index (χ0n) is 15.2. The molecule has 134 valence electrons. The Morgan fingerprint density at radius 1 is 1.11 bits per heavy atom. The Hall–Kier alpha value is -3.65. The molecule has 1 heterocycles. The van der Waals surface area contributed by atoms with Crippen LogP contribution >= 0.6 is 0 Å².